The fourth-order valence-electron chi connectivity index (χ4n) is 4.62. The van der Waals surface area contributed by atoms with E-state index in [1.54, 1.807) is 22.7 Å². The van der Waals surface area contributed by atoms with Gasteiger partial charge in [-0.2, -0.15) is 0 Å². The highest BCUT2D eigenvalue weighted by Crippen LogP contribution is 2.48. The Morgan fingerprint density at radius 1 is 0.656 bits per heavy atom. The lowest BCUT2D eigenvalue weighted by Gasteiger charge is -2.16. The highest BCUT2D eigenvalue weighted by molar-refractivity contribution is 7.14. The van der Waals surface area contributed by atoms with E-state index in [1.165, 1.54) is 21.8 Å². The zero-order valence-corrected chi connectivity index (χ0v) is 19.0. The highest BCUT2D eigenvalue weighted by atomic mass is 32.1. The van der Waals surface area contributed by atoms with Crippen molar-refractivity contribution in [3.8, 4) is 43.9 Å². The van der Waals surface area contributed by atoms with Crippen LogP contribution < -0.4 is 18.9 Å². The van der Waals surface area contributed by atoms with Crippen LogP contribution in [0.3, 0.4) is 0 Å². The average Bonchev–Trinajstić information content (AvgIpc) is 3.53. The van der Waals surface area contributed by atoms with E-state index in [1.807, 2.05) is 10.8 Å². The second-order valence-electron chi connectivity index (χ2n) is 7.93. The summed E-state index contributed by atoms with van der Waals surface area (Å²) in [6.07, 6.45) is 0. The third-order valence-corrected chi connectivity index (χ3v) is 8.11. The predicted octanol–water partition coefficient (Wildman–Crippen LogP) is 6.33. The first-order valence-electron chi connectivity index (χ1n) is 10.5. The van der Waals surface area contributed by atoms with E-state index in [4.69, 9.17) is 18.9 Å². The molecule has 160 valence electrons. The third-order valence-electron chi connectivity index (χ3n) is 6.13. The maximum absolute atomic E-state index is 5.92. The number of hydrogen-bond donors (Lipinski definition) is 0. The van der Waals surface area contributed by atoms with Crippen molar-refractivity contribution in [2.45, 2.75) is 0 Å². The van der Waals surface area contributed by atoms with Crippen LogP contribution in [0.4, 0.5) is 0 Å². The van der Waals surface area contributed by atoms with Gasteiger partial charge in [-0.25, -0.2) is 0 Å². The molecule has 7 heteroatoms. The molecule has 0 fully saturated rings. The van der Waals surface area contributed by atoms with Crippen molar-refractivity contribution in [3.05, 3.63) is 47.2 Å². The molecule has 0 bridgehead atoms. The minimum absolute atomic E-state index is 0.594. The molecule has 32 heavy (non-hydrogen) atoms. The first-order valence-corrected chi connectivity index (χ1v) is 12.3. The fourth-order valence-corrected chi connectivity index (χ4v) is 6.48. The molecule has 2 aliphatic rings. The zero-order valence-electron chi connectivity index (χ0n) is 17.3. The SMILES string of the molecule is Cn1c2ccc(-c3scc4c3OCCO4)cc2c2ccc(-c3scc4c3OCCO4)cc21. The molecule has 5 aromatic rings. The summed E-state index contributed by atoms with van der Waals surface area (Å²) in [7, 11) is 2.13. The number of aromatic nitrogens is 1. The summed E-state index contributed by atoms with van der Waals surface area (Å²) in [6.45, 7) is 2.41. The number of aryl methyl sites for hydroxylation is 1. The molecule has 0 unspecified atom stereocenters. The van der Waals surface area contributed by atoms with Crippen molar-refractivity contribution in [1.29, 1.82) is 0 Å². The quantitative estimate of drug-likeness (QED) is 0.308. The smallest absolute Gasteiger partial charge is 0.179 e. The van der Waals surface area contributed by atoms with Crippen molar-refractivity contribution < 1.29 is 18.9 Å². The summed E-state index contributed by atoms with van der Waals surface area (Å²) in [5, 5.41) is 6.54. The van der Waals surface area contributed by atoms with Crippen LogP contribution in [0.1, 0.15) is 0 Å². The Morgan fingerprint density at radius 3 is 1.94 bits per heavy atom. The van der Waals surface area contributed by atoms with Crippen molar-refractivity contribution in [2.24, 2.45) is 7.05 Å². The fraction of sp³-hybridized carbons (Fsp3) is 0.200. The van der Waals surface area contributed by atoms with Gasteiger partial charge >= 0.3 is 0 Å². The van der Waals surface area contributed by atoms with Gasteiger partial charge in [0.05, 0.1) is 9.75 Å². The van der Waals surface area contributed by atoms with E-state index >= 15 is 0 Å². The Hall–Kier alpha value is -3.16. The first kappa shape index (κ1) is 18.4. The second-order valence-corrected chi connectivity index (χ2v) is 9.69. The lowest BCUT2D eigenvalue weighted by molar-refractivity contribution is 0.174. The van der Waals surface area contributed by atoms with Crippen LogP contribution in [-0.2, 0) is 7.05 Å². The Balaban J connectivity index is 1.38. The Morgan fingerprint density at radius 2 is 1.25 bits per heavy atom. The molecule has 0 atom stereocenters. The van der Waals surface area contributed by atoms with Crippen LogP contribution in [0.2, 0.25) is 0 Å². The van der Waals surface area contributed by atoms with Gasteiger partial charge < -0.3 is 23.5 Å². The van der Waals surface area contributed by atoms with Gasteiger partial charge in [-0.15, -0.1) is 22.7 Å². The summed E-state index contributed by atoms with van der Waals surface area (Å²) in [5.41, 5.74) is 4.71. The monoisotopic (exact) mass is 461 g/mol. The average molecular weight is 462 g/mol. The molecule has 0 radical (unpaired) electrons. The predicted molar refractivity (Wildman–Crippen MR) is 129 cm³/mol. The number of ether oxygens (including phenoxy) is 4. The van der Waals surface area contributed by atoms with Gasteiger partial charge in [0.25, 0.3) is 0 Å². The summed E-state index contributed by atoms with van der Waals surface area (Å²) < 4.78 is 25.6. The van der Waals surface area contributed by atoms with E-state index in [0.29, 0.717) is 26.4 Å². The van der Waals surface area contributed by atoms with E-state index < -0.39 is 0 Å². The number of thiophene rings is 2. The van der Waals surface area contributed by atoms with Crippen molar-refractivity contribution in [1.82, 2.24) is 4.57 Å². The third kappa shape index (κ3) is 2.61. The van der Waals surface area contributed by atoms with E-state index in [2.05, 4.69) is 48.0 Å². The lowest BCUT2D eigenvalue weighted by Crippen LogP contribution is -2.14. The van der Waals surface area contributed by atoms with Crippen LogP contribution in [0.15, 0.2) is 47.2 Å². The largest absolute Gasteiger partial charge is 0.485 e. The van der Waals surface area contributed by atoms with Crippen LogP contribution in [0.25, 0.3) is 42.7 Å². The summed E-state index contributed by atoms with van der Waals surface area (Å²) in [6, 6.07) is 13.3. The number of nitrogens with zero attached hydrogens (tertiary/aromatic N) is 1. The van der Waals surface area contributed by atoms with Crippen molar-refractivity contribution in [3.63, 3.8) is 0 Å². The zero-order chi connectivity index (χ0) is 21.2. The number of hydrogen-bond acceptors (Lipinski definition) is 6. The van der Waals surface area contributed by atoms with Gasteiger partial charge in [0.2, 0.25) is 0 Å². The molecule has 0 saturated carbocycles. The molecular formula is C25H19NO4S2. The van der Waals surface area contributed by atoms with Crippen LogP contribution in [0.5, 0.6) is 23.0 Å². The molecule has 0 saturated heterocycles. The minimum Gasteiger partial charge on any atom is -0.485 e. The maximum Gasteiger partial charge on any atom is 0.179 e. The minimum atomic E-state index is 0.594. The number of rotatable bonds is 2. The van der Waals surface area contributed by atoms with Gasteiger partial charge in [0, 0.05) is 39.6 Å². The Kier molecular flexibility index (Phi) is 3.98. The van der Waals surface area contributed by atoms with Crippen molar-refractivity contribution >= 4 is 44.5 Å². The molecule has 2 aliphatic heterocycles. The molecule has 0 amide bonds. The van der Waals surface area contributed by atoms with E-state index in [0.717, 1.165) is 43.9 Å². The lowest BCUT2D eigenvalue weighted by atomic mass is 10.1. The summed E-state index contributed by atoms with van der Waals surface area (Å²) in [5.74, 6) is 3.44. The van der Waals surface area contributed by atoms with E-state index in [-0.39, 0.29) is 0 Å². The topological polar surface area (TPSA) is 41.9 Å². The first-order chi connectivity index (χ1) is 15.8. The Bertz CT molecular complexity index is 1510. The summed E-state index contributed by atoms with van der Waals surface area (Å²) >= 11 is 3.34. The van der Waals surface area contributed by atoms with Crippen LogP contribution in [0, 0.1) is 0 Å². The molecule has 2 aromatic carbocycles. The number of fused-ring (bicyclic) bond motifs is 5. The van der Waals surface area contributed by atoms with Gasteiger partial charge in [-0.3, -0.25) is 0 Å². The van der Waals surface area contributed by atoms with Gasteiger partial charge in [-0.1, -0.05) is 18.2 Å². The molecule has 7 rings (SSSR count). The Labute approximate surface area is 192 Å². The number of benzene rings is 2. The van der Waals surface area contributed by atoms with Gasteiger partial charge in [0.15, 0.2) is 23.0 Å². The highest BCUT2D eigenvalue weighted by Gasteiger charge is 2.22. The van der Waals surface area contributed by atoms with Crippen molar-refractivity contribution in [2.75, 3.05) is 26.4 Å². The van der Waals surface area contributed by atoms with Gasteiger partial charge in [0.1, 0.15) is 26.4 Å². The van der Waals surface area contributed by atoms with Crippen LogP contribution >= 0.6 is 22.7 Å². The molecule has 5 heterocycles. The summed E-state index contributed by atoms with van der Waals surface area (Å²) in [4.78, 5) is 2.24. The molecule has 5 nitrogen and oxygen atoms in total. The molecular weight excluding hydrogens is 442 g/mol. The standard InChI is InChI=1S/C25H19NO4S2/c1-26-18-5-3-14(24-22-20(12-31-24)27-6-8-29-22)10-17(18)16-4-2-15(11-19(16)26)25-23-21(13-32-25)28-7-9-30-23/h2-5,10-13H,6-9H2,1H3. The van der Waals surface area contributed by atoms with E-state index in [9.17, 15) is 0 Å². The maximum atomic E-state index is 5.92. The molecule has 0 spiro atoms. The normalized spacial score (nSPS) is 14.9. The molecule has 3 aromatic heterocycles. The van der Waals surface area contributed by atoms with Gasteiger partial charge in [-0.05, 0) is 29.3 Å². The molecule has 0 aliphatic carbocycles. The second kappa shape index (κ2) is 6.92. The van der Waals surface area contributed by atoms with Crippen LogP contribution in [-0.4, -0.2) is 31.0 Å². The molecule has 0 N–H and O–H groups in total.